The molecule has 1 aliphatic heterocycles. The van der Waals surface area contributed by atoms with Crippen LogP contribution in [0.25, 0.3) is 10.4 Å². The van der Waals surface area contributed by atoms with E-state index in [0.29, 0.717) is 22.9 Å². The van der Waals surface area contributed by atoms with E-state index in [1.54, 1.807) is 17.1 Å². The monoisotopic (exact) mass is 467 g/mol. The Kier molecular flexibility index (Phi) is 7.00. The predicted molar refractivity (Wildman–Crippen MR) is 130 cm³/mol. The number of fused-ring (bicyclic) bond motifs is 1. The van der Waals surface area contributed by atoms with Gasteiger partial charge in [0, 0.05) is 22.2 Å². The number of rotatable bonds is 6. The lowest BCUT2D eigenvalue weighted by Gasteiger charge is -2.48. The van der Waals surface area contributed by atoms with E-state index in [0.717, 1.165) is 49.2 Å². The highest BCUT2D eigenvalue weighted by molar-refractivity contribution is 6.30. The highest BCUT2D eigenvalue weighted by Crippen LogP contribution is 2.44. The van der Waals surface area contributed by atoms with Crippen molar-refractivity contribution in [3.05, 3.63) is 63.5 Å². The number of amidine groups is 1. The zero-order chi connectivity index (χ0) is 23.3. The van der Waals surface area contributed by atoms with Crippen molar-refractivity contribution >= 4 is 40.4 Å². The maximum absolute atomic E-state index is 11.9. The molecule has 1 saturated carbocycles. The van der Waals surface area contributed by atoms with Gasteiger partial charge in [-0.05, 0) is 54.3 Å². The van der Waals surface area contributed by atoms with Gasteiger partial charge in [-0.2, -0.15) is 0 Å². The molecule has 5 N–H and O–H groups in total. The van der Waals surface area contributed by atoms with Crippen LogP contribution in [0.15, 0.2) is 52.6 Å². The molecule has 1 amide bonds. The molecule has 172 valence electrons. The number of azide groups is 1. The van der Waals surface area contributed by atoms with E-state index < -0.39 is 11.4 Å². The average molecular weight is 468 g/mol. The van der Waals surface area contributed by atoms with Gasteiger partial charge >= 0.3 is 0 Å². The second-order valence-corrected chi connectivity index (χ2v) is 8.61. The number of anilines is 2. The van der Waals surface area contributed by atoms with Gasteiger partial charge in [0.15, 0.2) is 0 Å². The standard InChI is InChI=1S/C22H26ClN9O/c23-16-6-4-5-15(11-16)13-26-30-21-22(9-2-1-3-10-22)32(25)19-12-17(7-8-18(19)29-21)28-20(33)14-27-31-24/h4-8,11-12,26H,1-3,9-10,13-14,25H2,(H,28,33)(H,29,30). The molecule has 4 rings (SSSR count). The summed E-state index contributed by atoms with van der Waals surface area (Å²) in [6.45, 7) is 0.303. The van der Waals surface area contributed by atoms with Crippen LogP contribution in [-0.2, 0) is 11.3 Å². The number of nitrogens with two attached hydrogens (primary N) is 1. The molecule has 0 aromatic heterocycles. The van der Waals surface area contributed by atoms with Gasteiger partial charge in [-0.25, -0.2) is 16.3 Å². The maximum atomic E-state index is 11.9. The fourth-order valence-electron chi connectivity index (χ4n) is 4.39. The summed E-state index contributed by atoms with van der Waals surface area (Å²) in [6, 6.07) is 13.0. The first-order valence-corrected chi connectivity index (χ1v) is 11.2. The molecule has 0 unspecified atom stereocenters. The molecule has 11 heteroatoms. The van der Waals surface area contributed by atoms with Crippen LogP contribution >= 0.6 is 11.6 Å². The molecule has 1 spiro atoms. The molecule has 0 atom stereocenters. The fourth-order valence-corrected chi connectivity index (χ4v) is 4.60. The number of hydrogen-bond acceptors (Lipinski definition) is 7. The number of hydrogen-bond donors (Lipinski definition) is 4. The van der Waals surface area contributed by atoms with Crippen molar-refractivity contribution in [2.75, 3.05) is 16.9 Å². The number of halogens is 1. The van der Waals surface area contributed by atoms with E-state index in [1.807, 2.05) is 30.3 Å². The van der Waals surface area contributed by atoms with Crippen LogP contribution < -0.4 is 27.0 Å². The molecule has 2 aromatic rings. The molecule has 0 bridgehead atoms. The summed E-state index contributed by atoms with van der Waals surface area (Å²) in [7, 11) is 0. The topological polar surface area (TPSA) is 144 Å². The fraction of sp³-hybridized carbons (Fsp3) is 0.364. The number of aliphatic imine (C=N–C) groups is 1. The molecule has 10 nitrogen and oxygen atoms in total. The lowest BCUT2D eigenvalue weighted by atomic mass is 9.79. The minimum Gasteiger partial charge on any atom is -0.326 e. The van der Waals surface area contributed by atoms with Gasteiger partial charge in [0.1, 0.15) is 17.9 Å². The largest absolute Gasteiger partial charge is 0.326 e. The second kappa shape index (κ2) is 10.1. The van der Waals surface area contributed by atoms with Crippen molar-refractivity contribution in [2.45, 2.75) is 44.2 Å². The van der Waals surface area contributed by atoms with Crippen molar-refractivity contribution in [1.82, 2.24) is 10.9 Å². The van der Waals surface area contributed by atoms with Crippen LogP contribution in [-0.4, -0.2) is 23.8 Å². The van der Waals surface area contributed by atoms with Crippen molar-refractivity contribution in [3.8, 4) is 0 Å². The van der Waals surface area contributed by atoms with E-state index in [9.17, 15) is 4.79 Å². The summed E-state index contributed by atoms with van der Waals surface area (Å²) in [5.74, 6) is 7.10. The quantitative estimate of drug-likeness (QED) is 0.164. The van der Waals surface area contributed by atoms with Crippen LogP contribution in [0.2, 0.25) is 5.02 Å². The highest BCUT2D eigenvalue weighted by atomic mass is 35.5. The summed E-state index contributed by atoms with van der Waals surface area (Å²) >= 11 is 6.09. The third-order valence-electron chi connectivity index (χ3n) is 6.00. The van der Waals surface area contributed by atoms with Crippen LogP contribution in [0.4, 0.5) is 17.1 Å². The molecular formula is C22H26ClN9O. The summed E-state index contributed by atoms with van der Waals surface area (Å²) in [5.41, 5.74) is 17.6. The molecule has 2 aliphatic rings. The van der Waals surface area contributed by atoms with Gasteiger partial charge in [-0.3, -0.25) is 9.80 Å². The van der Waals surface area contributed by atoms with Gasteiger partial charge in [-0.15, -0.1) is 0 Å². The molecule has 2 aromatic carbocycles. The summed E-state index contributed by atoms with van der Waals surface area (Å²) in [4.78, 5) is 19.5. The van der Waals surface area contributed by atoms with Gasteiger partial charge in [0.2, 0.25) is 5.91 Å². The smallest absolute Gasteiger partial charge is 0.230 e. The van der Waals surface area contributed by atoms with Crippen molar-refractivity contribution in [2.24, 2.45) is 15.9 Å². The predicted octanol–water partition coefficient (Wildman–Crippen LogP) is 4.31. The third kappa shape index (κ3) is 5.04. The zero-order valence-electron chi connectivity index (χ0n) is 18.1. The number of carbonyl (C=O) groups excluding carboxylic acids is 1. The third-order valence-corrected chi connectivity index (χ3v) is 6.23. The van der Waals surface area contributed by atoms with Gasteiger partial charge in [0.05, 0.1) is 11.4 Å². The van der Waals surface area contributed by atoms with Crippen molar-refractivity contribution in [1.29, 1.82) is 0 Å². The Morgan fingerprint density at radius 3 is 2.82 bits per heavy atom. The van der Waals surface area contributed by atoms with Crippen LogP contribution in [0.3, 0.4) is 0 Å². The Labute approximate surface area is 196 Å². The number of carbonyl (C=O) groups is 1. The molecule has 33 heavy (non-hydrogen) atoms. The van der Waals surface area contributed by atoms with Crippen LogP contribution in [0.5, 0.6) is 0 Å². The zero-order valence-corrected chi connectivity index (χ0v) is 18.8. The Morgan fingerprint density at radius 2 is 2.06 bits per heavy atom. The minimum absolute atomic E-state index is 0.269. The number of nitrogens with zero attached hydrogens (tertiary/aromatic N) is 5. The normalized spacial score (nSPS) is 16.4. The Balaban J connectivity index is 1.57. The molecule has 0 radical (unpaired) electrons. The van der Waals surface area contributed by atoms with E-state index in [4.69, 9.17) is 28.0 Å². The lowest BCUT2D eigenvalue weighted by Crippen LogP contribution is -2.65. The number of hydrazine groups is 2. The lowest BCUT2D eigenvalue weighted by molar-refractivity contribution is -0.114. The maximum Gasteiger partial charge on any atom is 0.230 e. The molecule has 1 fully saturated rings. The number of nitrogens with one attached hydrogen (secondary N) is 3. The highest BCUT2D eigenvalue weighted by Gasteiger charge is 2.45. The first kappa shape index (κ1) is 22.9. The van der Waals surface area contributed by atoms with E-state index in [-0.39, 0.29) is 6.54 Å². The molecule has 0 saturated heterocycles. The first-order valence-electron chi connectivity index (χ1n) is 10.8. The Morgan fingerprint density at radius 1 is 1.24 bits per heavy atom. The first-order chi connectivity index (χ1) is 16.0. The minimum atomic E-state index is -0.472. The number of benzene rings is 2. The van der Waals surface area contributed by atoms with E-state index >= 15 is 0 Å². The van der Waals surface area contributed by atoms with Gasteiger partial charge in [0.25, 0.3) is 0 Å². The summed E-state index contributed by atoms with van der Waals surface area (Å²) < 4.78 is 0. The second-order valence-electron chi connectivity index (χ2n) is 8.17. The van der Waals surface area contributed by atoms with E-state index in [2.05, 4.69) is 26.2 Å². The van der Waals surface area contributed by atoms with E-state index in [1.165, 1.54) is 0 Å². The Hall–Kier alpha value is -3.30. The molecule has 1 heterocycles. The molecular weight excluding hydrogens is 442 g/mol. The Bertz CT molecular complexity index is 1110. The van der Waals surface area contributed by atoms with Crippen LogP contribution in [0.1, 0.15) is 37.7 Å². The van der Waals surface area contributed by atoms with Gasteiger partial charge in [-0.1, -0.05) is 48.1 Å². The SMILES string of the molecule is [N-]=[N+]=NCC(=O)Nc1ccc2c(c1)N(N)C1(CCCCC1)C(NNCc1cccc(Cl)c1)=N2. The molecule has 1 aliphatic carbocycles. The van der Waals surface area contributed by atoms with Crippen molar-refractivity contribution in [3.63, 3.8) is 0 Å². The average Bonchev–Trinajstić information content (AvgIpc) is 2.82. The van der Waals surface area contributed by atoms with Crippen molar-refractivity contribution < 1.29 is 4.79 Å². The number of amides is 1. The van der Waals surface area contributed by atoms with Gasteiger partial charge < -0.3 is 10.7 Å². The summed E-state index contributed by atoms with van der Waals surface area (Å²) in [5, 5.41) is 8.50. The van der Waals surface area contributed by atoms with Crippen LogP contribution in [0, 0.1) is 0 Å². The summed E-state index contributed by atoms with van der Waals surface area (Å²) in [6.07, 6.45) is 4.96.